The molecule has 0 aliphatic heterocycles. The van der Waals surface area contributed by atoms with Crippen molar-refractivity contribution in [3.05, 3.63) is 5.15 Å². The van der Waals surface area contributed by atoms with Crippen LogP contribution in [0.2, 0.25) is 5.15 Å². The first-order valence-electron chi connectivity index (χ1n) is 6.78. The van der Waals surface area contributed by atoms with Crippen molar-refractivity contribution in [1.29, 1.82) is 0 Å². The van der Waals surface area contributed by atoms with Gasteiger partial charge in [0.1, 0.15) is 0 Å². The Hall–Kier alpha value is -0.920. The predicted octanol–water partition coefficient (Wildman–Crippen LogP) is 2.46. The smallest absolute Gasteiger partial charge is 0.191 e. The summed E-state index contributed by atoms with van der Waals surface area (Å²) in [4.78, 5) is 8.77. The lowest BCUT2D eigenvalue weighted by Crippen LogP contribution is -2.10. The lowest BCUT2D eigenvalue weighted by molar-refractivity contribution is 0.177. The van der Waals surface area contributed by atoms with Gasteiger partial charge in [0.05, 0.1) is 12.1 Å². The molecule has 2 aromatic rings. The van der Waals surface area contributed by atoms with Crippen LogP contribution in [0.25, 0.3) is 11.2 Å². The summed E-state index contributed by atoms with van der Waals surface area (Å²) >= 11 is 7.74. The highest BCUT2D eigenvalue weighted by atomic mass is 35.5. The van der Waals surface area contributed by atoms with Crippen LogP contribution in [-0.2, 0) is 0 Å². The zero-order chi connectivity index (χ0) is 14.1. The number of halogens is 1. The maximum atomic E-state index is 9.67. The summed E-state index contributed by atoms with van der Waals surface area (Å²) in [5.41, 5.74) is 1.21. The maximum absolute atomic E-state index is 9.67. The quantitative estimate of drug-likeness (QED) is 0.531. The third-order valence-corrected chi connectivity index (χ3v) is 4.74. The predicted molar refractivity (Wildman–Crippen MR) is 78.0 cm³/mol. The average molecular weight is 314 g/mol. The molecule has 2 heterocycles. The molecule has 0 saturated heterocycles. The number of nitrogens with zero attached hydrogens (tertiary/aromatic N) is 5. The summed E-state index contributed by atoms with van der Waals surface area (Å²) in [7, 11) is 0. The van der Waals surface area contributed by atoms with E-state index in [-0.39, 0.29) is 12.1 Å². The zero-order valence-electron chi connectivity index (χ0n) is 11.2. The Kier molecular flexibility index (Phi) is 4.09. The van der Waals surface area contributed by atoms with Crippen molar-refractivity contribution in [1.82, 2.24) is 25.0 Å². The minimum Gasteiger partial charge on any atom is -0.393 e. The van der Waals surface area contributed by atoms with E-state index in [4.69, 9.17) is 11.6 Å². The first-order chi connectivity index (χ1) is 9.69. The molecule has 2 aromatic heterocycles. The fourth-order valence-electron chi connectivity index (χ4n) is 2.44. The van der Waals surface area contributed by atoms with Crippen molar-refractivity contribution in [3.8, 4) is 0 Å². The molecule has 1 aliphatic carbocycles. The fourth-order valence-corrected chi connectivity index (χ4v) is 3.39. The van der Waals surface area contributed by atoms with Gasteiger partial charge in [-0.1, -0.05) is 35.5 Å². The molecule has 0 spiro atoms. The number of rotatable bonds is 4. The molecule has 108 valence electrons. The Morgan fingerprint density at radius 2 is 2.25 bits per heavy atom. The van der Waals surface area contributed by atoms with Gasteiger partial charge < -0.3 is 5.11 Å². The van der Waals surface area contributed by atoms with Crippen molar-refractivity contribution in [3.63, 3.8) is 0 Å². The summed E-state index contributed by atoms with van der Waals surface area (Å²) in [5.74, 6) is 0.950. The van der Waals surface area contributed by atoms with E-state index in [2.05, 4.69) is 27.2 Å². The molecule has 3 rings (SSSR count). The third-order valence-electron chi connectivity index (χ3n) is 3.42. The van der Waals surface area contributed by atoms with Crippen molar-refractivity contribution in [2.45, 2.75) is 49.9 Å². The molecule has 0 unspecified atom stereocenters. The minimum atomic E-state index is -0.259. The zero-order valence-corrected chi connectivity index (χ0v) is 12.7. The number of aliphatic hydroxyl groups excluding tert-OH is 1. The lowest BCUT2D eigenvalue weighted by atomic mass is 10.2. The van der Waals surface area contributed by atoms with Gasteiger partial charge in [0.2, 0.25) is 0 Å². The van der Waals surface area contributed by atoms with Gasteiger partial charge in [0, 0.05) is 5.75 Å². The number of aromatic nitrogens is 5. The molecular formula is C12H16ClN5OS. The number of thioether (sulfide) groups is 1. The van der Waals surface area contributed by atoms with Crippen LogP contribution in [0.5, 0.6) is 0 Å². The largest absolute Gasteiger partial charge is 0.393 e. The van der Waals surface area contributed by atoms with Gasteiger partial charge in [-0.2, -0.15) is 0 Å². The number of hydrogen-bond acceptors (Lipinski definition) is 6. The van der Waals surface area contributed by atoms with Gasteiger partial charge in [-0.05, 0) is 25.7 Å². The second kappa shape index (κ2) is 5.83. The van der Waals surface area contributed by atoms with Crippen LogP contribution in [-0.4, -0.2) is 41.9 Å². The molecule has 0 radical (unpaired) electrons. The topological polar surface area (TPSA) is 76.7 Å². The molecule has 0 bridgehead atoms. The van der Waals surface area contributed by atoms with E-state index >= 15 is 0 Å². The molecule has 1 aliphatic rings. The van der Waals surface area contributed by atoms with Crippen LogP contribution in [0.15, 0.2) is 5.16 Å². The Morgan fingerprint density at radius 3 is 2.95 bits per heavy atom. The number of aliphatic hydroxyl groups is 1. The Bertz CT molecular complexity index is 619. The summed E-state index contributed by atoms with van der Waals surface area (Å²) < 4.78 is 1.79. The third kappa shape index (κ3) is 2.62. The van der Waals surface area contributed by atoms with Crippen LogP contribution in [0.3, 0.4) is 0 Å². The Morgan fingerprint density at radius 1 is 1.40 bits per heavy atom. The van der Waals surface area contributed by atoms with Crippen LogP contribution >= 0.6 is 23.4 Å². The maximum Gasteiger partial charge on any atom is 0.191 e. The van der Waals surface area contributed by atoms with E-state index in [1.807, 2.05) is 0 Å². The molecule has 1 N–H and O–H groups in total. The molecule has 0 amide bonds. The first-order valence-corrected chi connectivity index (χ1v) is 8.14. The van der Waals surface area contributed by atoms with Crippen LogP contribution in [0.4, 0.5) is 0 Å². The molecule has 1 fully saturated rings. The van der Waals surface area contributed by atoms with Gasteiger partial charge in [-0.25, -0.2) is 14.6 Å². The van der Waals surface area contributed by atoms with Gasteiger partial charge in [-0.15, -0.1) is 5.10 Å². The molecule has 2 atom stereocenters. The van der Waals surface area contributed by atoms with Crippen molar-refractivity contribution in [2.75, 3.05) is 5.75 Å². The highest BCUT2D eigenvalue weighted by molar-refractivity contribution is 7.99. The molecule has 6 nitrogen and oxygen atoms in total. The number of fused-ring (bicyclic) bond motifs is 1. The van der Waals surface area contributed by atoms with Crippen molar-refractivity contribution in [2.24, 2.45) is 0 Å². The molecule has 8 heteroatoms. The molecule has 20 heavy (non-hydrogen) atoms. The summed E-state index contributed by atoms with van der Waals surface area (Å²) in [5, 5.41) is 18.9. The number of hydrogen-bond donors (Lipinski definition) is 1. The van der Waals surface area contributed by atoms with Crippen molar-refractivity contribution < 1.29 is 5.11 Å². The molecule has 0 aromatic carbocycles. The van der Waals surface area contributed by atoms with Gasteiger partial charge in [0.15, 0.2) is 21.5 Å². The highest BCUT2D eigenvalue weighted by Gasteiger charge is 2.27. The van der Waals surface area contributed by atoms with E-state index in [1.54, 1.807) is 16.4 Å². The monoisotopic (exact) mass is 313 g/mol. The van der Waals surface area contributed by atoms with E-state index in [9.17, 15) is 5.11 Å². The normalized spacial score (nSPS) is 22.8. The standard InChI is InChI=1S/C12H16ClN5OS/c1-2-5-20-12-14-10(13)9-11(15-12)18(17-16-9)7-3-4-8(19)6-7/h7-8,19H,2-6H2,1H3/t7-,8+/m0/s1. The highest BCUT2D eigenvalue weighted by Crippen LogP contribution is 2.32. The second-order valence-electron chi connectivity index (χ2n) is 4.97. The van der Waals surface area contributed by atoms with Gasteiger partial charge >= 0.3 is 0 Å². The fraction of sp³-hybridized carbons (Fsp3) is 0.667. The van der Waals surface area contributed by atoms with Crippen LogP contribution < -0.4 is 0 Å². The van der Waals surface area contributed by atoms with Gasteiger partial charge in [-0.3, -0.25) is 0 Å². The van der Waals surface area contributed by atoms with E-state index in [0.29, 0.717) is 27.9 Å². The van der Waals surface area contributed by atoms with E-state index in [1.165, 1.54) is 0 Å². The van der Waals surface area contributed by atoms with Crippen LogP contribution in [0, 0.1) is 0 Å². The molecule has 1 saturated carbocycles. The summed E-state index contributed by atoms with van der Waals surface area (Å²) in [6, 6.07) is 0.144. The van der Waals surface area contributed by atoms with Gasteiger partial charge in [0.25, 0.3) is 0 Å². The summed E-state index contributed by atoms with van der Waals surface area (Å²) in [6.45, 7) is 2.11. The first kappa shape index (κ1) is 14.0. The van der Waals surface area contributed by atoms with E-state index < -0.39 is 0 Å². The summed E-state index contributed by atoms with van der Waals surface area (Å²) in [6.07, 6.45) is 3.17. The Balaban J connectivity index is 1.98. The minimum absolute atomic E-state index is 0.144. The SMILES string of the molecule is CCCSc1nc(Cl)c2nnn([C@H]3CC[C@@H](O)C3)c2n1. The van der Waals surface area contributed by atoms with E-state index in [0.717, 1.165) is 25.0 Å². The van der Waals surface area contributed by atoms with Crippen molar-refractivity contribution >= 4 is 34.5 Å². The second-order valence-corrected chi connectivity index (χ2v) is 6.39. The van der Waals surface area contributed by atoms with Crippen LogP contribution in [0.1, 0.15) is 38.6 Å². The average Bonchev–Trinajstić information content (AvgIpc) is 3.02. The molecular weight excluding hydrogens is 298 g/mol. The lowest BCUT2D eigenvalue weighted by Gasteiger charge is -2.09. The Labute approximate surface area is 125 Å².